The van der Waals surface area contributed by atoms with Crippen molar-refractivity contribution in [2.45, 2.75) is 24.8 Å². The Morgan fingerprint density at radius 3 is 1.92 bits per heavy atom. The van der Waals surface area contributed by atoms with Crippen molar-refractivity contribution >= 4 is 11.8 Å². The molecular formula is C20H25N3O2. The van der Waals surface area contributed by atoms with E-state index in [0.29, 0.717) is 6.42 Å². The van der Waals surface area contributed by atoms with Crippen molar-refractivity contribution in [3.05, 3.63) is 71.8 Å². The van der Waals surface area contributed by atoms with E-state index in [9.17, 15) is 9.59 Å². The molecule has 25 heavy (non-hydrogen) atoms. The first-order chi connectivity index (χ1) is 12.1. The van der Waals surface area contributed by atoms with Crippen molar-refractivity contribution in [2.75, 3.05) is 13.6 Å². The van der Waals surface area contributed by atoms with Crippen LogP contribution in [0.5, 0.6) is 0 Å². The van der Waals surface area contributed by atoms with Crippen LogP contribution in [-0.2, 0) is 9.59 Å². The summed E-state index contributed by atoms with van der Waals surface area (Å²) < 4.78 is 0. The van der Waals surface area contributed by atoms with E-state index in [0.717, 1.165) is 24.1 Å². The molecule has 0 unspecified atom stereocenters. The summed E-state index contributed by atoms with van der Waals surface area (Å²) in [5.41, 5.74) is 7.23. The number of nitrogens with two attached hydrogens (primary N) is 1. The van der Waals surface area contributed by atoms with E-state index in [1.54, 1.807) is 0 Å². The van der Waals surface area contributed by atoms with Gasteiger partial charge in [0.1, 0.15) is 6.04 Å². The Morgan fingerprint density at radius 2 is 1.48 bits per heavy atom. The van der Waals surface area contributed by atoms with Gasteiger partial charge < -0.3 is 16.4 Å². The maximum atomic E-state index is 13.0. The predicted molar refractivity (Wildman–Crippen MR) is 99.0 cm³/mol. The van der Waals surface area contributed by atoms with Gasteiger partial charge in [-0.1, -0.05) is 60.7 Å². The van der Waals surface area contributed by atoms with E-state index in [-0.39, 0.29) is 5.91 Å². The molecule has 0 saturated carbocycles. The number of benzene rings is 2. The molecule has 0 aliphatic rings. The molecule has 0 bridgehead atoms. The topological polar surface area (TPSA) is 84.2 Å². The average Bonchev–Trinajstić information content (AvgIpc) is 2.63. The fourth-order valence-electron chi connectivity index (χ4n) is 2.81. The van der Waals surface area contributed by atoms with Crippen LogP contribution in [0, 0.1) is 0 Å². The van der Waals surface area contributed by atoms with E-state index in [1.807, 2.05) is 67.7 Å². The Hall–Kier alpha value is -2.66. The number of amides is 2. The average molecular weight is 339 g/mol. The highest BCUT2D eigenvalue weighted by Crippen LogP contribution is 2.25. The predicted octanol–water partition coefficient (Wildman–Crippen LogP) is 1.79. The number of hydrogen-bond donors (Lipinski definition) is 3. The second-order valence-corrected chi connectivity index (χ2v) is 5.96. The van der Waals surface area contributed by atoms with Crippen molar-refractivity contribution in [1.29, 1.82) is 0 Å². The molecule has 0 aliphatic carbocycles. The van der Waals surface area contributed by atoms with Crippen LogP contribution in [0.15, 0.2) is 60.7 Å². The van der Waals surface area contributed by atoms with Gasteiger partial charge >= 0.3 is 0 Å². The summed E-state index contributed by atoms with van der Waals surface area (Å²) in [6.07, 6.45) is 1.27. The number of carbonyl (C=O) groups excluding carboxylic acids is 2. The summed E-state index contributed by atoms with van der Waals surface area (Å²) in [5.74, 6) is -1.21. The number of primary amides is 1. The Balaban J connectivity index is 2.22. The maximum absolute atomic E-state index is 13.0. The first-order valence-corrected chi connectivity index (χ1v) is 8.47. The first kappa shape index (κ1) is 18.7. The summed E-state index contributed by atoms with van der Waals surface area (Å²) in [6.45, 7) is 0.764. The molecule has 0 radical (unpaired) electrons. The van der Waals surface area contributed by atoms with Gasteiger partial charge in [0, 0.05) is 0 Å². The molecular weight excluding hydrogens is 314 g/mol. The molecule has 0 saturated heterocycles. The minimum Gasteiger partial charge on any atom is -0.368 e. The maximum Gasteiger partial charge on any atom is 0.240 e. The summed E-state index contributed by atoms with van der Waals surface area (Å²) >= 11 is 0. The van der Waals surface area contributed by atoms with Gasteiger partial charge in [0.15, 0.2) is 0 Å². The summed E-state index contributed by atoms with van der Waals surface area (Å²) in [6, 6.07) is 18.4. The first-order valence-electron chi connectivity index (χ1n) is 8.47. The summed E-state index contributed by atoms with van der Waals surface area (Å²) in [7, 11) is 1.85. The monoisotopic (exact) mass is 339 g/mol. The second-order valence-electron chi connectivity index (χ2n) is 5.96. The van der Waals surface area contributed by atoms with E-state index in [1.165, 1.54) is 0 Å². The largest absolute Gasteiger partial charge is 0.368 e. The molecule has 0 spiro atoms. The zero-order chi connectivity index (χ0) is 18.1. The van der Waals surface area contributed by atoms with Gasteiger partial charge in [0.2, 0.25) is 11.8 Å². The molecule has 5 nitrogen and oxygen atoms in total. The third kappa shape index (κ3) is 5.43. The highest BCUT2D eigenvalue weighted by Gasteiger charge is 2.26. The Kier molecular flexibility index (Phi) is 7.16. The molecule has 1 atom stereocenters. The molecule has 0 fully saturated rings. The molecule has 0 aliphatic heterocycles. The zero-order valence-corrected chi connectivity index (χ0v) is 14.4. The molecule has 4 N–H and O–H groups in total. The fourth-order valence-corrected chi connectivity index (χ4v) is 2.81. The second kappa shape index (κ2) is 9.59. The SMILES string of the molecule is CNCCC[C@H](NC(=O)C(c1ccccc1)c1ccccc1)C(N)=O. The van der Waals surface area contributed by atoms with E-state index in [2.05, 4.69) is 10.6 Å². The highest BCUT2D eigenvalue weighted by molar-refractivity contribution is 5.91. The Morgan fingerprint density at radius 1 is 0.960 bits per heavy atom. The lowest BCUT2D eigenvalue weighted by molar-refractivity contribution is -0.127. The fraction of sp³-hybridized carbons (Fsp3) is 0.300. The quantitative estimate of drug-likeness (QED) is 0.609. The molecule has 2 aromatic rings. The zero-order valence-electron chi connectivity index (χ0n) is 14.4. The summed E-state index contributed by atoms with van der Waals surface area (Å²) in [5, 5.41) is 5.86. The smallest absolute Gasteiger partial charge is 0.240 e. The van der Waals surface area contributed by atoms with Crippen LogP contribution in [0.25, 0.3) is 0 Å². The summed E-state index contributed by atoms with van der Waals surface area (Å²) in [4.78, 5) is 24.7. The van der Waals surface area contributed by atoms with Gasteiger partial charge in [-0.2, -0.15) is 0 Å². The Bertz CT molecular complexity index is 634. The van der Waals surface area contributed by atoms with Gasteiger partial charge in [-0.25, -0.2) is 0 Å². The molecule has 132 valence electrons. The van der Waals surface area contributed by atoms with Gasteiger partial charge in [-0.15, -0.1) is 0 Å². The number of rotatable bonds is 9. The molecule has 2 aromatic carbocycles. The normalized spacial score (nSPS) is 11.9. The van der Waals surface area contributed by atoms with Gasteiger partial charge in [-0.05, 0) is 37.6 Å². The van der Waals surface area contributed by atoms with Crippen LogP contribution in [0.3, 0.4) is 0 Å². The van der Waals surface area contributed by atoms with Crippen molar-refractivity contribution in [3.8, 4) is 0 Å². The van der Waals surface area contributed by atoms with Gasteiger partial charge in [0.05, 0.1) is 5.92 Å². The molecule has 2 amide bonds. The van der Waals surface area contributed by atoms with Crippen LogP contribution in [0.2, 0.25) is 0 Å². The van der Waals surface area contributed by atoms with Crippen LogP contribution in [-0.4, -0.2) is 31.4 Å². The molecule has 0 aromatic heterocycles. The van der Waals surface area contributed by atoms with E-state index < -0.39 is 17.9 Å². The van der Waals surface area contributed by atoms with Gasteiger partial charge in [-0.3, -0.25) is 9.59 Å². The lowest BCUT2D eigenvalue weighted by atomic mass is 9.90. The van der Waals surface area contributed by atoms with Crippen molar-refractivity contribution < 1.29 is 9.59 Å². The number of nitrogens with one attached hydrogen (secondary N) is 2. The van der Waals surface area contributed by atoms with Crippen LogP contribution in [0.1, 0.15) is 29.9 Å². The van der Waals surface area contributed by atoms with Crippen LogP contribution in [0.4, 0.5) is 0 Å². The molecule has 0 heterocycles. The minimum absolute atomic E-state index is 0.217. The Labute approximate surface area is 148 Å². The van der Waals surface area contributed by atoms with E-state index in [4.69, 9.17) is 5.73 Å². The number of carbonyl (C=O) groups is 2. The third-order valence-electron chi connectivity index (χ3n) is 4.11. The molecule has 2 rings (SSSR count). The van der Waals surface area contributed by atoms with Gasteiger partial charge in [0.25, 0.3) is 0 Å². The number of hydrogen-bond acceptors (Lipinski definition) is 3. The van der Waals surface area contributed by atoms with Crippen LogP contribution < -0.4 is 16.4 Å². The van der Waals surface area contributed by atoms with Crippen LogP contribution >= 0.6 is 0 Å². The van der Waals surface area contributed by atoms with Crippen molar-refractivity contribution in [2.24, 2.45) is 5.73 Å². The lowest BCUT2D eigenvalue weighted by Gasteiger charge is -2.22. The lowest BCUT2D eigenvalue weighted by Crippen LogP contribution is -2.46. The minimum atomic E-state index is -0.671. The van der Waals surface area contributed by atoms with Crippen molar-refractivity contribution in [1.82, 2.24) is 10.6 Å². The molecule has 5 heteroatoms. The standard InChI is InChI=1S/C20H25N3O2/c1-22-14-8-13-17(19(21)24)23-20(25)18(15-9-4-2-5-10-15)16-11-6-3-7-12-16/h2-7,9-12,17-18,22H,8,13-14H2,1H3,(H2,21,24)(H,23,25)/t17-/m0/s1. The highest BCUT2D eigenvalue weighted by atomic mass is 16.2. The third-order valence-corrected chi connectivity index (χ3v) is 4.11. The van der Waals surface area contributed by atoms with E-state index >= 15 is 0 Å². The van der Waals surface area contributed by atoms with Crippen molar-refractivity contribution in [3.63, 3.8) is 0 Å².